The topological polar surface area (TPSA) is 122 Å². The summed E-state index contributed by atoms with van der Waals surface area (Å²) in [6.45, 7) is 3.58. The second-order valence-electron chi connectivity index (χ2n) is 8.37. The van der Waals surface area contributed by atoms with Crippen molar-refractivity contribution in [1.29, 1.82) is 0 Å². The summed E-state index contributed by atoms with van der Waals surface area (Å²) >= 11 is 0. The van der Waals surface area contributed by atoms with E-state index in [-0.39, 0.29) is 42.3 Å². The van der Waals surface area contributed by atoms with Gasteiger partial charge < -0.3 is 24.6 Å². The van der Waals surface area contributed by atoms with Gasteiger partial charge in [0.1, 0.15) is 5.69 Å². The van der Waals surface area contributed by atoms with Crippen LogP contribution in [0.25, 0.3) is 11.0 Å². The van der Waals surface area contributed by atoms with E-state index in [9.17, 15) is 9.59 Å². The predicted octanol–water partition coefficient (Wildman–Crippen LogP) is 1.60. The number of nitrogens with one attached hydrogen (secondary N) is 1. The molecule has 31 heavy (non-hydrogen) atoms. The number of likely N-dealkylation sites (tertiary alicyclic amines) is 1. The molecule has 166 valence electrons. The number of amides is 2. The van der Waals surface area contributed by atoms with Gasteiger partial charge in [-0.1, -0.05) is 24.2 Å². The fraction of sp³-hybridized carbons (Fsp3) is 0.545. The van der Waals surface area contributed by atoms with Crippen LogP contribution in [-0.2, 0) is 25.5 Å². The van der Waals surface area contributed by atoms with Crippen molar-refractivity contribution in [2.24, 2.45) is 11.8 Å². The van der Waals surface area contributed by atoms with Crippen molar-refractivity contribution in [3.05, 3.63) is 30.0 Å². The maximum Gasteiger partial charge on any atom is 0.290 e. The number of ether oxygens (including phenoxy) is 1. The number of nitrogens with zero attached hydrogens (tertiary/aromatic N) is 2. The van der Waals surface area contributed by atoms with Gasteiger partial charge in [-0.25, -0.2) is 0 Å². The molecule has 0 unspecified atom stereocenters. The number of fused-ring (bicyclic) bond motifs is 2. The van der Waals surface area contributed by atoms with Crippen LogP contribution in [0.15, 0.2) is 28.8 Å². The third-order valence-electron chi connectivity index (χ3n) is 6.76. The van der Waals surface area contributed by atoms with E-state index in [0.717, 1.165) is 18.2 Å². The lowest BCUT2D eigenvalue weighted by Gasteiger charge is -2.29. The maximum absolute atomic E-state index is 13.0. The van der Waals surface area contributed by atoms with Gasteiger partial charge in [-0.05, 0) is 25.0 Å². The lowest BCUT2D eigenvalue weighted by molar-refractivity contribution is -0.131. The Balaban J connectivity index is 0.000000730. The second kappa shape index (κ2) is 8.66. The quantitative estimate of drug-likeness (QED) is 0.692. The van der Waals surface area contributed by atoms with E-state index in [4.69, 9.17) is 19.2 Å². The Morgan fingerprint density at radius 3 is 2.94 bits per heavy atom. The highest BCUT2D eigenvalue weighted by atomic mass is 16.5. The van der Waals surface area contributed by atoms with Crippen LogP contribution in [0.2, 0.25) is 0 Å². The van der Waals surface area contributed by atoms with Crippen molar-refractivity contribution in [3.8, 4) is 0 Å². The highest BCUT2D eigenvalue weighted by molar-refractivity contribution is 5.86. The molecule has 3 aliphatic heterocycles. The van der Waals surface area contributed by atoms with E-state index in [0.29, 0.717) is 43.2 Å². The number of benzene rings is 1. The third-order valence-corrected chi connectivity index (χ3v) is 6.76. The van der Waals surface area contributed by atoms with E-state index in [1.807, 2.05) is 36.1 Å². The number of aromatic nitrogens is 1. The zero-order valence-corrected chi connectivity index (χ0v) is 17.5. The summed E-state index contributed by atoms with van der Waals surface area (Å²) in [6.07, 6.45) is 2.94. The summed E-state index contributed by atoms with van der Waals surface area (Å²) in [5.41, 5.74) is 1.16. The van der Waals surface area contributed by atoms with Crippen LogP contribution in [0.5, 0.6) is 0 Å². The molecule has 0 aliphatic carbocycles. The minimum absolute atomic E-state index is 0.0613. The fourth-order valence-corrected chi connectivity index (χ4v) is 5.33. The first-order chi connectivity index (χ1) is 15.0. The first kappa shape index (κ1) is 21.3. The van der Waals surface area contributed by atoms with Crippen molar-refractivity contribution in [3.63, 3.8) is 0 Å². The Morgan fingerprint density at radius 2 is 2.16 bits per heavy atom. The smallest absolute Gasteiger partial charge is 0.290 e. The minimum Gasteiger partial charge on any atom is -0.483 e. The molecular weight excluding hydrogens is 402 g/mol. The molecule has 2 bridgehead atoms. The maximum atomic E-state index is 13.0. The Hall–Kier alpha value is -2.94. The summed E-state index contributed by atoms with van der Waals surface area (Å²) in [5.74, 6) is 0.711. The Kier molecular flexibility index (Phi) is 5.95. The molecule has 1 aromatic carbocycles. The summed E-state index contributed by atoms with van der Waals surface area (Å²) in [7, 11) is 0. The van der Waals surface area contributed by atoms with Crippen LogP contribution in [0.4, 0.5) is 0 Å². The lowest BCUT2D eigenvalue weighted by Crippen LogP contribution is -2.41. The molecule has 3 saturated heterocycles. The molecule has 1 spiro atoms. The van der Waals surface area contributed by atoms with Gasteiger partial charge in [-0.3, -0.25) is 14.4 Å². The third kappa shape index (κ3) is 3.89. The standard InChI is InChI=1S/C21H25N3O4.CH2O2/c1-2-19(25)22-10-14-15-11-24(12-21(15)8-7-17(14)27-21)20(26)9-16-13-5-3-4-6-18(13)28-23-16;2-1-3/h3-6,14-15,17H,2,7-12H2,1H3,(H,22,25);1H,(H,2,3)/t14-,15+,17+,21+;/m0./s1. The van der Waals surface area contributed by atoms with Crippen molar-refractivity contribution >= 4 is 29.3 Å². The summed E-state index contributed by atoms with van der Waals surface area (Å²) < 4.78 is 11.7. The first-order valence-electron chi connectivity index (χ1n) is 10.6. The molecule has 3 fully saturated rings. The van der Waals surface area contributed by atoms with Gasteiger partial charge in [0.05, 0.1) is 24.7 Å². The number of carbonyl (C=O) groups is 3. The molecule has 4 heterocycles. The zero-order chi connectivity index (χ0) is 22.0. The zero-order valence-electron chi connectivity index (χ0n) is 17.5. The lowest BCUT2D eigenvalue weighted by atomic mass is 9.73. The monoisotopic (exact) mass is 429 g/mol. The molecule has 0 radical (unpaired) electrons. The largest absolute Gasteiger partial charge is 0.483 e. The van der Waals surface area contributed by atoms with Gasteiger partial charge in [0.2, 0.25) is 11.8 Å². The van der Waals surface area contributed by atoms with Gasteiger partial charge in [0, 0.05) is 36.7 Å². The van der Waals surface area contributed by atoms with Crippen molar-refractivity contribution in [2.45, 2.75) is 44.3 Å². The molecule has 3 aliphatic rings. The fourth-order valence-electron chi connectivity index (χ4n) is 5.33. The van der Waals surface area contributed by atoms with Crippen molar-refractivity contribution in [2.75, 3.05) is 19.6 Å². The highest BCUT2D eigenvalue weighted by Gasteiger charge is 2.63. The number of para-hydroxylation sites is 1. The average Bonchev–Trinajstić information content (AvgIpc) is 3.52. The van der Waals surface area contributed by atoms with Gasteiger partial charge in [-0.15, -0.1) is 0 Å². The number of hydrogen-bond acceptors (Lipinski definition) is 6. The number of rotatable bonds is 5. The van der Waals surface area contributed by atoms with Gasteiger partial charge in [-0.2, -0.15) is 0 Å². The average molecular weight is 429 g/mol. The normalized spacial score (nSPS) is 28.2. The molecule has 2 aromatic rings. The van der Waals surface area contributed by atoms with Crippen molar-refractivity contribution < 1.29 is 28.8 Å². The highest BCUT2D eigenvalue weighted by Crippen LogP contribution is 2.54. The molecule has 9 heteroatoms. The van der Waals surface area contributed by atoms with E-state index in [1.54, 1.807) is 0 Å². The minimum atomic E-state index is -0.250. The van der Waals surface area contributed by atoms with E-state index in [1.165, 1.54) is 0 Å². The Bertz CT molecular complexity index is 975. The Labute approximate surface area is 179 Å². The number of hydrogen-bond donors (Lipinski definition) is 2. The molecule has 4 atom stereocenters. The summed E-state index contributed by atoms with van der Waals surface area (Å²) in [6, 6.07) is 7.61. The molecule has 2 N–H and O–H groups in total. The summed E-state index contributed by atoms with van der Waals surface area (Å²) in [5, 5.41) is 14.9. The van der Waals surface area contributed by atoms with Crippen LogP contribution < -0.4 is 5.32 Å². The molecule has 5 rings (SSSR count). The van der Waals surface area contributed by atoms with E-state index >= 15 is 0 Å². The van der Waals surface area contributed by atoms with Crippen LogP contribution in [0.3, 0.4) is 0 Å². The van der Waals surface area contributed by atoms with E-state index in [2.05, 4.69) is 10.5 Å². The molecule has 2 amide bonds. The van der Waals surface area contributed by atoms with Crippen LogP contribution in [0, 0.1) is 11.8 Å². The van der Waals surface area contributed by atoms with Gasteiger partial charge in [0.25, 0.3) is 6.47 Å². The molecule has 0 saturated carbocycles. The van der Waals surface area contributed by atoms with Crippen LogP contribution >= 0.6 is 0 Å². The number of carboxylic acid groups (broad SMARTS) is 1. The number of carbonyl (C=O) groups excluding carboxylic acids is 2. The summed E-state index contributed by atoms with van der Waals surface area (Å²) in [4.78, 5) is 35.0. The Morgan fingerprint density at radius 1 is 1.39 bits per heavy atom. The first-order valence-corrected chi connectivity index (χ1v) is 10.6. The molecule has 9 nitrogen and oxygen atoms in total. The van der Waals surface area contributed by atoms with Gasteiger partial charge in [0.15, 0.2) is 5.58 Å². The second-order valence-corrected chi connectivity index (χ2v) is 8.37. The molecule has 1 aromatic heterocycles. The van der Waals surface area contributed by atoms with Crippen LogP contribution in [-0.4, -0.2) is 64.8 Å². The van der Waals surface area contributed by atoms with E-state index < -0.39 is 0 Å². The SMILES string of the molecule is CCC(=O)NC[C@H]1[C@H]2CN(C(=O)Cc3noc4ccccc34)C[C@]23CC[C@H]1O3.O=CO. The van der Waals surface area contributed by atoms with Crippen molar-refractivity contribution in [1.82, 2.24) is 15.4 Å². The van der Waals surface area contributed by atoms with Crippen LogP contribution in [0.1, 0.15) is 31.9 Å². The predicted molar refractivity (Wildman–Crippen MR) is 110 cm³/mol. The molecular formula is C22H27N3O6. The van der Waals surface area contributed by atoms with Gasteiger partial charge >= 0.3 is 0 Å².